The number of piperazine rings is 3. The molecule has 0 radical (unpaired) electrons. The number of nitriles is 3. The fourth-order valence-electron chi connectivity index (χ4n) is 13.2. The van der Waals surface area contributed by atoms with Crippen LogP contribution in [-0.4, -0.2) is 183 Å². The lowest BCUT2D eigenvalue weighted by atomic mass is 10.0. The van der Waals surface area contributed by atoms with E-state index in [4.69, 9.17) is 27.9 Å². The first-order valence-corrected chi connectivity index (χ1v) is 36.5. The van der Waals surface area contributed by atoms with E-state index < -0.39 is 0 Å². The number of halogens is 2. The summed E-state index contributed by atoms with van der Waals surface area (Å²) in [6.07, 6.45) is 1.68. The standard InChI is InChI=1S/C29H24Cl2N4O2.C25H29N5O2S.C24H27N5O2S/c1-19-7-10-26-22(15-19)27(23(17-32)29(37)35(26)18-20-5-3-2-4-6-20)33-11-13-34(14-12-33)28(36)21-8-9-24(30)25(31)16-21;1-18-7-8-21-19(16-18)23(20(17-26)24(31)30(21)10-5-9-27(2)3)28-11-13-29(14-12-28)25(32)22-6-4-15-33-22;1-27(2)10-6-15-31-23-19(17-25)22(18-7-3-4-8-20(18)26-23)28-11-13-29(14-12-28)24(30)21-9-5-16-32-21/h2-10,15-16H,11-14,18H2,1H3;4,6-8,15-16H,5,9-14H2,1-3H3;3-5,7-9,16H,6,10-15H2,1-2H3. The third-order valence-corrected chi connectivity index (χ3v) is 20.8. The van der Waals surface area contributed by atoms with Gasteiger partial charge in [0.15, 0.2) is 0 Å². The van der Waals surface area contributed by atoms with Crippen molar-refractivity contribution in [2.75, 3.05) is 141 Å². The van der Waals surface area contributed by atoms with E-state index in [1.807, 2.05) is 177 Å². The average molecular weight is 1440 g/mol. The van der Waals surface area contributed by atoms with Crippen LogP contribution in [0.2, 0.25) is 10.0 Å². The smallest absolute Gasteiger partial charge is 0.271 e. The summed E-state index contributed by atoms with van der Waals surface area (Å²) in [5, 5.41) is 37.4. The van der Waals surface area contributed by atoms with Gasteiger partial charge in [0, 0.05) is 113 Å². The Labute approximate surface area is 611 Å². The SMILES string of the molecule is CN(C)CCCOc1nc2ccccc2c(N2CCN(C(=O)c3cccs3)CC2)c1C#N.Cc1ccc2c(c1)c(N1CCN(C(=O)c3ccc(Cl)c(Cl)c3)CC1)c(C#N)c(=O)n2Cc1ccccc1.Cc1ccc2c(c1)c(N1CCN(C(=O)c3cccs3)CC1)c(C#N)c(=O)n2CCCN(C)C. The molecular formula is C78H80Cl2N14O6S2. The van der Waals surface area contributed by atoms with Gasteiger partial charge in [-0.05, 0) is 138 Å². The quantitative estimate of drug-likeness (QED) is 0.0775. The molecule has 3 amide bonds. The first-order chi connectivity index (χ1) is 49.3. The van der Waals surface area contributed by atoms with Crippen molar-refractivity contribution in [2.45, 2.75) is 39.8 Å². The summed E-state index contributed by atoms with van der Waals surface area (Å²) in [6, 6.07) is 48.7. The molecule has 13 rings (SSSR count). The predicted molar refractivity (Wildman–Crippen MR) is 409 cm³/mol. The number of fused-ring (bicyclic) bond motifs is 3. The number of hydrogen-bond acceptors (Lipinski definition) is 17. The Morgan fingerprint density at radius 2 is 0.980 bits per heavy atom. The van der Waals surface area contributed by atoms with Gasteiger partial charge in [-0.1, -0.05) is 107 Å². The molecule has 24 heteroatoms. The van der Waals surface area contributed by atoms with E-state index in [-0.39, 0.29) is 40.0 Å². The molecule has 524 valence electrons. The number of aromatic nitrogens is 3. The molecule has 20 nitrogen and oxygen atoms in total. The molecule has 3 saturated heterocycles. The Morgan fingerprint density at radius 3 is 1.47 bits per heavy atom. The van der Waals surface area contributed by atoms with Crippen molar-refractivity contribution in [1.29, 1.82) is 15.8 Å². The van der Waals surface area contributed by atoms with Gasteiger partial charge in [0.25, 0.3) is 28.8 Å². The van der Waals surface area contributed by atoms with Crippen LogP contribution in [0.15, 0.2) is 154 Å². The number of rotatable bonds is 17. The number of carbonyl (C=O) groups excluding carboxylic acids is 3. The molecule has 5 aromatic heterocycles. The number of hydrogen-bond donors (Lipinski definition) is 0. The van der Waals surface area contributed by atoms with E-state index in [2.05, 4.69) is 48.9 Å². The van der Waals surface area contributed by atoms with Crippen LogP contribution in [0.5, 0.6) is 5.88 Å². The van der Waals surface area contributed by atoms with Gasteiger partial charge in [-0.25, -0.2) is 4.98 Å². The molecule has 0 bridgehead atoms. The summed E-state index contributed by atoms with van der Waals surface area (Å²) in [4.78, 5) is 87.7. The maximum absolute atomic E-state index is 13.6. The minimum Gasteiger partial charge on any atom is -0.477 e. The van der Waals surface area contributed by atoms with E-state index in [0.29, 0.717) is 137 Å². The van der Waals surface area contributed by atoms with Crippen molar-refractivity contribution < 1.29 is 19.1 Å². The van der Waals surface area contributed by atoms with Gasteiger partial charge in [0.2, 0.25) is 5.88 Å². The number of thiophene rings is 2. The highest BCUT2D eigenvalue weighted by molar-refractivity contribution is 7.12. The minimum atomic E-state index is -0.313. The topological polar surface area (TPSA) is 215 Å². The van der Waals surface area contributed by atoms with Gasteiger partial charge in [0.1, 0.15) is 34.9 Å². The van der Waals surface area contributed by atoms with E-state index in [9.17, 15) is 39.8 Å². The Bertz CT molecular complexity index is 4940. The number of nitrogens with zero attached hydrogens (tertiary/aromatic N) is 14. The van der Waals surface area contributed by atoms with Gasteiger partial charge < -0.3 is 53.1 Å². The third-order valence-electron chi connectivity index (χ3n) is 18.4. The number of anilines is 3. The highest BCUT2D eigenvalue weighted by Crippen LogP contribution is 2.37. The number of para-hydroxylation sites is 1. The van der Waals surface area contributed by atoms with Crippen molar-refractivity contribution in [3.63, 3.8) is 0 Å². The lowest BCUT2D eigenvalue weighted by Crippen LogP contribution is -2.49. The molecule has 0 atom stereocenters. The average Bonchev–Trinajstić information content (AvgIpc) is 0.762. The van der Waals surface area contributed by atoms with Crippen LogP contribution in [0.1, 0.15) is 75.9 Å². The Balaban J connectivity index is 0.000000154. The van der Waals surface area contributed by atoms with Gasteiger partial charge in [-0.2, -0.15) is 15.8 Å². The van der Waals surface area contributed by atoms with E-state index >= 15 is 0 Å². The van der Waals surface area contributed by atoms with Crippen molar-refractivity contribution in [2.24, 2.45) is 0 Å². The van der Waals surface area contributed by atoms with Crippen LogP contribution in [0.25, 0.3) is 32.7 Å². The molecule has 10 aromatic rings. The van der Waals surface area contributed by atoms with Crippen molar-refractivity contribution in [3.8, 4) is 24.1 Å². The zero-order valence-corrected chi connectivity index (χ0v) is 61.2. The second-order valence-corrected chi connectivity index (χ2v) is 28.6. The Kier molecular flexibility index (Phi) is 24.1. The summed E-state index contributed by atoms with van der Waals surface area (Å²) in [5.41, 5.74) is 8.44. The van der Waals surface area contributed by atoms with E-state index in [1.165, 1.54) is 22.7 Å². The van der Waals surface area contributed by atoms with Gasteiger partial charge in [-0.3, -0.25) is 24.0 Å². The number of amides is 3. The fraction of sp³-hybridized carbons (Fsp3) is 0.321. The van der Waals surface area contributed by atoms with Crippen LogP contribution in [0.4, 0.5) is 17.1 Å². The molecule has 0 spiro atoms. The molecule has 0 unspecified atom stereocenters. The largest absolute Gasteiger partial charge is 0.477 e. The van der Waals surface area contributed by atoms with Crippen molar-refractivity contribution in [1.82, 2.24) is 38.6 Å². The molecule has 0 N–H and O–H groups in total. The lowest BCUT2D eigenvalue weighted by Gasteiger charge is -2.37. The number of aryl methyl sites for hydroxylation is 3. The zero-order chi connectivity index (χ0) is 72.1. The monoisotopic (exact) mass is 1440 g/mol. The predicted octanol–water partition coefficient (Wildman–Crippen LogP) is 12.1. The van der Waals surface area contributed by atoms with Crippen LogP contribution in [0, 0.1) is 47.8 Å². The van der Waals surface area contributed by atoms with E-state index in [0.717, 1.165) is 90.8 Å². The molecule has 3 fully saturated rings. The summed E-state index contributed by atoms with van der Waals surface area (Å²) in [7, 11) is 8.07. The molecule has 3 aliphatic rings. The van der Waals surface area contributed by atoms with Gasteiger partial charge >= 0.3 is 0 Å². The number of carbonyl (C=O) groups is 3. The molecular weight excluding hydrogens is 1360 g/mol. The summed E-state index contributed by atoms with van der Waals surface area (Å²) in [5.74, 6) is 0.376. The summed E-state index contributed by atoms with van der Waals surface area (Å²) in [6.45, 7) is 13.9. The normalized spacial score (nSPS) is 13.9. The lowest BCUT2D eigenvalue weighted by molar-refractivity contribution is 0.0740. The minimum absolute atomic E-state index is 0.0437. The van der Waals surface area contributed by atoms with Crippen molar-refractivity contribution >= 4 is 113 Å². The Morgan fingerprint density at radius 1 is 0.510 bits per heavy atom. The second kappa shape index (κ2) is 33.6. The van der Waals surface area contributed by atoms with Crippen LogP contribution in [0.3, 0.4) is 0 Å². The van der Waals surface area contributed by atoms with Gasteiger partial charge in [-0.15, -0.1) is 22.7 Å². The molecule has 0 saturated carbocycles. The second-order valence-electron chi connectivity index (χ2n) is 25.9. The molecule has 8 heterocycles. The highest BCUT2D eigenvalue weighted by atomic mass is 35.5. The molecule has 5 aromatic carbocycles. The fourth-order valence-corrected chi connectivity index (χ4v) is 14.9. The van der Waals surface area contributed by atoms with Gasteiger partial charge in [0.05, 0.1) is 66.6 Å². The molecule has 3 aliphatic heterocycles. The van der Waals surface area contributed by atoms with Crippen LogP contribution in [-0.2, 0) is 13.1 Å². The van der Waals surface area contributed by atoms with Crippen molar-refractivity contribution in [3.05, 3.63) is 224 Å². The number of benzene rings is 5. The first-order valence-electron chi connectivity index (χ1n) is 33.9. The van der Waals surface area contributed by atoms with E-state index in [1.54, 1.807) is 32.2 Å². The molecule has 0 aliphatic carbocycles. The summed E-state index contributed by atoms with van der Waals surface area (Å²) < 4.78 is 9.40. The Hall–Kier alpha value is -10.1. The number of pyridine rings is 3. The third kappa shape index (κ3) is 16.6. The number of ether oxygens (including phenoxy) is 1. The van der Waals surface area contributed by atoms with Crippen LogP contribution >= 0.6 is 45.9 Å². The van der Waals surface area contributed by atoms with Crippen LogP contribution < -0.4 is 30.6 Å². The summed E-state index contributed by atoms with van der Waals surface area (Å²) >= 11 is 15.0. The first kappa shape index (κ1) is 73.1. The maximum atomic E-state index is 13.6. The maximum Gasteiger partial charge on any atom is 0.271 e. The highest BCUT2D eigenvalue weighted by Gasteiger charge is 2.32. The zero-order valence-electron chi connectivity index (χ0n) is 58.1. The molecule has 102 heavy (non-hydrogen) atoms.